The van der Waals surface area contributed by atoms with Crippen molar-refractivity contribution in [3.05, 3.63) is 63.7 Å². The van der Waals surface area contributed by atoms with Crippen molar-refractivity contribution >= 4 is 41.8 Å². The molecule has 1 saturated heterocycles. The molecular weight excluding hydrogens is 540 g/mol. The first-order valence-corrected chi connectivity index (χ1v) is 15.0. The number of fused-ring (bicyclic) bond motifs is 2. The molecular formula is C32H41ClN4O4. The number of carbonyl (C=O) groups excluding carboxylic acids is 4. The Morgan fingerprint density at radius 1 is 1.15 bits per heavy atom. The molecule has 2 aromatic rings. The fraction of sp³-hybridized carbons (Fsp3) is 0.500. The van der Waals surface area contributed by atoms with Crippen molar-refractivity contribution in [3.8, 4) is 0 Å². The van der Waals surface area contributed by atoms with Gasteiger partial charge in [0.15, 0.2) is 0 Å². The monoisotopic (exact) mass is 580 g/mol. The molecule has 4 rings (SSSR count). The van der Waals surface area contributed by atoms with Gasteiger partial charge in [-0.25, -0.2) is 0 Å². The second-order valence-electron chi connectivity index (χ2n) is 11.2. The van der Waals surface area contributed by atoms with Crippen LogP contribution < -0.4 is 10.6 Å². The molecule has 0 radical (unpaired) electrons. The Bertz CT molecular complexity index is 1260. The van der Waals surface area contributed by atoms with Gasteiger partial charge >= 0.3 is 0 Å². The third-order valence-corrected chi connectivity index (χ3v) is 9.11. The van der Waals surface area contributed by atoms with E-state index in [1.54, 1.807) is 7.05 Å². The van der Waals surface area contributed by atoms with Gasteiger partial charge in [-0.05, 0) is 93.9 Å². The minimum atomic E-state index is -0.682. The average molecular weight is 581 g/mol. The fourth-order valence-corrected chi connectivity index (χ4v) is 6.76. The van der Waals surface area contributed by atoms with Crippen LogP contribution in [0.3, 0.4) is 0 Å². The van der Waals surface area contributed by atoms with Gasteiger partial charge in [0.2, 0.25) is 18.2 Å². The van der Waals surface area contributed by atoms with E-state index in [1.165, 1.54) is 10.5 Å². The van der Waals surface area contributed by atoms with E-state index < -0.39 is 11.5 Å². The molecule has 41 heavy (non-hydrogen) atoms. The van der Waals surface area contributed by atoms with Crippen molar-refractivity contribution in [2.45, 2.75) is 76.3 Å². The predicted molar refractivity (Wildman–Crippen MR) is 161 cm³/mol. The summed E-state index contributed by atoms with van der Waals surface area (Å²) in [6.07, 6.45) is 7.61. The zero-order valence-electron chi connectivity index (χ0n) is 24.1. The number of nitrogens with one attached hydrogen (secondary N) is 2. The molecule has 0 aliphatic carbocycles. The quantitative estimate of drug-likeness (QED) is 0.255. The van der Waals surface area contributed by atoms with Gasteiger partial charge < -0.3 is 25.2 Å². The molecule has 2 aliphatic rings. The minimum absolute atomic E-state index is 0.0766. The van der Waals surface area contributed by atoms with E-state index in [2.05, 4.69) is 21.6 Å². The van der Waals surface area contributed by atoms with Gasteiger partial charge in [0.05, 0.1) is 5.41 Å². The zero-order valence-corrected chi connectivity index (χ0v) is 24.8. The van der Waals surface area contributed by atoms with Crippen LogP contribution in [-0.2, 0) is 37.6 Å². The number of rotatable bonds is 14. The molecule has 2 heterocycles. The molecule has 0 saturated carbocycles. The maximum Gasteiger partial charge on any atom is 0.242 e. The number of hydrogen-bond acceptors (Lipinski definition) is 5. The van der Waals surface area contributed by atoms with E-state index >= 15 is 0 Å². The van der Waals surface area contributed by atoms with Crippen molar-refractivity contribution in [2.24, 2.45) is 0 Å². The number of aldehydes is 1. The van der Waals surface area contributed by atoms with E-state index in [0.717, 1.165) is 86.8 Å². The van der Waals surface area contributed by atoms with Gasteiger partial charge in [-0.1, -0.05) is 42.3 Å². The number of benzene rings is 2. The first kappa shape index (κ1) is 30.7. The highest BCUT2D eigenvalue weighted by molar-refractivity contribution is 6.33. The Morgan fingerprint density at radius 3 is 2.61 bits per heavy atom. The molecule has 1 spiro atoms. The lowest BCUT2D eigenvalue weighted by Crippen LogP contribution is -2.46. The van der Waals surface area contributed by atoms with E-state index in [0.29, 0.717) is 24.4 Å². The number of anilines is 1. The summed E-state index contributed by atoms with van der Waals surface area (Å²) >= 11 is 6.52. The first-order valence-electron chi connectivity index (χ1n) is 14.6. The summed E-state index contributed by atoms with van der Waals surface area (Å²) in [7, 11) is 1.54. The third-order valence-electron chi connectivity index (χ3n) is 8.80. The molecule has 1 unspecified atom stereocenters. The lowest BCUT2D eigenvalue weighted by atomic mass is 9.73. The van der Waals surface area contributed by atoms with Gasteiger partial charge in [0.25, 0.3) is 0 Å². The standard InChI is InChI=1S/C32H41ClN4O4/c1-23-9-6-11-24(25(23)21-37(22-39)28(14-8-20-38)30(40)34-2)10-4-3-5-17-36-18-15-32(16-19-36)29-26(33)12-7-13-27(29)35-31(32)41/h6-7,9,11-13,20,22,28H,3-5,8,10,14-19,21H2,1-2H3,(H,34,40)(H,35,41). The highest BCUT2D eigenvalue weighted by Crippen LogP contribution is 2.48. The maximum atomic E-state index is 12.9. The summed E-state index contributed by atoms with van der Waals surface area (Å²) in [5.74, 6) is -0.189. The normalized spacial score (nSPS) is 16.6. The maximum absolute atomic E-state index is 12.9. The van der Waals surface area contributed by atoms with Gasteiger partial charge in [0.1, 0.15) is 12.3 Å². The SMILES string of the molecule is CNC(=O)C(CCC=O)N(C=O)Cc1c(C)cccc1CCCCCN1CCC2(CC1)C(=O)Nc1cccc(Cl)c12. The van der Waals surface area contributed by atoms with Crippen molar-refractivity contribution in [3.63, 3.8) is 0 Å². The third kappa shape index (κ3) is 6.81. The van der Waals surface area contributed by atoms with E-state index in [4.69, 9.17) is 11.6 Å². The van der Waals surface area contributed by atoms with Crippen LogP contribution in [0.1, 0.15) is 67.2 Å². The lowest BCUT2D eigenvalue weighted by molar-refractivity contribution is -0.133. The molecule has 1 fully saturated rings. The molecule has 2 N–H and O–H groups in total. The summed E-state index contributed by atoms with van der Waals surface area (Å²) in [5.41, 5.74) is 4.65. The minimum Gasteiger partial charge on any atom is -0.357 e. The number of aryl methyl sites for hydroxylation is 2. The van der Waals surface area contributed by atoms with Crippen LogP contribution in [0.25, 0.3) is 0 Å². The average Bonchev–Trinajstić information content (AvgIpc) is 3.25. The van der Waals surface area contributed by atoms with Gasteiger partial charge in [-0.3, -0.25) is 14.4 Å². The largest absolute Gasteiger partial charge is 0.357 e. The van der Waals surface area contributed by atoms with Crippen LogP contribution in [0, 0.1) is 6.92 Å². The van der Waals surface area contributed by atoms with Crippen molar-refractivity contribution in [1.29, 1.82) is 0 Å². The molecule has 220 valence electrons. The van der Waals surface area contributed by atoms with Crippen LogP contribution in [0.5, 0.6) is 0 Å². The smallest absolute Gasteiger partial charge is 0.242 e. The Balaban J connectivity index is 1.28. The number of amides is 3. The molecule has 0 aromatic heterocycles. The summed E-state index contributed by atoms with van der Waals surface area (Å²) in [4.78, 5) is 52.3. The zero-order chi connectivity index (χ0) is 29.4. The highest BCUT2D eigenvalue weighted by Gasteiger charge is 2.49. The number of hydrogen-bond donors (Lipinski definition) is 2. The Morgan fingerprint density at radius 2 is 1.90 bits per heavy atom. The molecule has 1 atom stereocenters. The van der Waals surface area contributed by atoms with E-state index in [-0.39, 0.29) is 18.2 Å². The topological polar surface area (TPSA) is 98.8 Å². The second-order valence-corrected chi connectivity index (χ2v) is 11.6. The summed E-state index contributed by atoms with van der Waals surface area (Å²) in [5, 5.41) is 6.33. The number of carbonyl (C=O) groups is 4. The fourth-order valence-electron chi connectivity index (χ4n) is 6.40. The number of piperidine rings is 1. The Labute approximate surface area is 247 Å². The first-order chi connectivity index (χ1) is 19.8. The van der Waals surface area contributed by atoms with Gasteiger partial charge in [-0.2, -0.15) is 0 Å². The number of unbranched alkanes of at least 4 members (excludes halogenated alkanes) is 2. The van der Waals surface area contributed by atoms with Crippen LogP contribution >= 0.6 is 11.6 Å². The molecule has 3 amide bonds. The van der Waals surface area contributed by atoms with E-state index in [1.807, 2.05) is 37.3 Å². The van der Waals surface area contributed by atoms with Crippen molar-refractivity contribution < 1.29 is 19.2 Å². The van der Waals surface area contributed by atoms with Crippen LogP contribution in [0.2, 0.25) is 5.02 Å². The molecule has 2 aliphatic heterocycles. The molecule has 0 bridgehead atoms. The highest BCUT2D eigenvalue weighted by atomic mass is 35.5. The van der Waals surface area contributed by atoms with Gasteiger partial charge in [0, 0.05) is 36.3 Å². The van der Waals surface area contributed by atoms with Crippen molar-refractivity contribution in [2.75, 3.05) is 32.0 Å². The predicted octanol–water partition coefficient (Wildman–Crippen LogP) is 4.40. The number of likely N-dealkylation sites (N-methyl/N-ethyl adjacent to an activating group) is 1. The van der Waals surface area contributed by atoms with Crippen molar-refractivity contribution in [1.82, 2.24) is 15.1 Å². The van der Waals surface area contributed by atoms with Crippen LogP contribution in [-0.4, -0.2) is 67.0 Å². The van der Waals surface area contributed by atoms with E-state index in [9.17, 15) is 19.2 Å². The number of halogens is 1. The second kappa shape index (κ2) is 14.1. The molecule has 8 nitrogen and oxygen atoms in total. The number of likely N-dealkylation sites (tertiary alicyclic amines) is 1. The number of nitrogens with zero attached hydrogens (tertiary/aromatic N) is 2. The summed E-state index contributed by atoms with van der Waals surface area (Å²) < 4.78 is 0. The Hall–Kier alpha value is -3.23. The summed E-state index contributed by atoms with van der Waals surface area (Å²) in [6.45, 7) is 5.11. The van der Waals surface area contributed by atoms with Crippen LogP contribution in [0.15, 0.2) is 36.4 Å². The van der Waals surface area contributed by atoms with Gasteiger partial charge in [-0.15, -0.1) is 0 Å². The van der Waals surface area contributed by atoms with Crippen LogP contribution in [0.4, 0.5) is 5.69 Å². The summed E-state index contributed by atoms with van der Waals surface area (Å²) in [6, 6.07) is 11.2. The molecule has 2 aromatic carbocycles. The lowest BCUT2D eigenvalue weighted by Gasteiger charge is -2.38. The molecule has 9 heteroatoms. The Kier molecular flexibility index (Phi) is 10.6.